The molecule has 0 heterocycles. The van der Waals surface area contributed by atoms with E-state index in [9.17, 15) is 4.79 Å². The summed E-state index contributed by atoms with van der Waals surface area (Å²) < 4.78 is 5.81. The molecule has 3 rings (SSSR count). The summed E-state index contributed by atoms with van der Waals surface area (Å²) in [5, 5.41) is 6.14. The Bertz CT molecular complexity index is 685. The number of benzene rings is 2. The van der Waals surface area contributed by atoms with Crippen LogP contribution in [0, 0.1) is 5.92 Å². The van der Waals surface area contributed by atoms with Crippen LogP contribution in [0.15, 0.2) is 54.6 Å². The highest BCUT2D eigenvalue weighted by molar-refractivity contribution is 5.82. The van der Waals surface area contributed by atoms with Gasteiger partial charge in [-0.05, 0) is 49.6 Å². The van der Waals surface area contributed by atoms with E-state index < -0.39 is 0 Å². The van der Waals surface area contributed by atoms with Crippen LogP contribution < -0.4 is 15.4 Å². The fourth-order valence-electron chi connectivity index (χ4n) is 2.89. The van der Waals surface area contributed by atoms with E-state index >= 15 is 0 Å². The molecule has 1 fully saturated rings. The van der Waals surface area contributed by atoms with Crippen LogP contribution in [0.4, 0.5) is 0 Å². The predicted molar refractivity (Wildman–Crippen MR) is 99.6 cm³/mol. The first-order valence-corrected chi connectivity index (χ1v) is 8.89. The van der Waals surface area contributed by atoms with Gasteiger partial charge in [-0.2, -0.15) is 0 Å². The summed E-state index contributed by atoms with van der Waals surface area (Å²) in [6.45, 7) is 3.29. The minimum Gasteiger partial charge on any atom is -0.489 e. The van der Waals surface area contributed by atoms with E-state index in [0.717, 1.165) is 17.7 Å². The second kappa shape index (κ2) is 8.17. The van der Waals surface area contributed by atoms with Crippen LogP contribution in [0.2, 0.25) is 0 Å². The first kappa shape index (κ1) is 17.5. The van der Waals surface area contributed by atoms with Crippen molar-refractivity contribution in [3.63, 3.8) is 0 Å². The van der Waals surface area contributed by atoms with Crippen LogP contribution in [0.5, 0.6) is 5.75 Å². The third kappa shape index (κ3) is 4.83. The standard InChI is InChI=1S/C21H26N2O2/c1-15(22-2)13-23-21(24)20-12-19(20)17-8-10-18(11-9-17)25-14-16-6-4-3-5-7-16/h3-11,15,19-20,22H,12-14H2,1-2H3,(H,23,24). The molecular weight excluding hydrogens is 312 g/mol. The van der Waals surface area contributed by atoms with E-state index in [1.807, 2.05) is 37.4 Å². The van der Waals surface area contributed by atoms with Crippen LogP contribution >= 0.6 is 0 Å². The van der Waals surface area contributed by atoms with Gasteiger partial charge < -0.3 is 15.4 Å². The molecule has 2 N–H and O–H groups in total. The van der Waals surface area contributed by atoms with Gasteiger partial charge in [0.1, 0.15) is 12.4 Å². The van der Waals surface area contributed by atoms with Crippen molar-refractivity contribution < 1.29 is 9.53 Å². The average Bonchev–Trinajstić information content (AvgIpc) is 3.46. The van der Waals surface area contributed by atoms with Gasteiger partial charge in [-0.1, -0.05) is 42.5 Å². The smallest absolute Gasteiger partial charge is 0.223 e. The normalized spacial score (nSPS) is 19.9. The molecule has 4 nitrogen and oxygen atoms in total. The van der Waals surface area contributed by atoms with Crippen molar-refractivity contribution in [2.45, 2.75) is 31.9 Å². The quantitative estimate of drug-likeness (QED) is 0.778. The third-order valence-corrected chi connectivity index (χ3v) is 4.76. The van der Waals surface area contributed by atoms with Gasteiger partial charge in [-0.15, -0.1) is 0 Å². The maximum absolute atomic E-state index is 12.2. The highest BCUT2D eigenvalue weighted by Crippen LogP contribution is 2.47. The van der Waals surface area contributed by atoms with Crippen LogP contribution in [-0.2, 0) is 11.4 Å². The SMILES string of the molecule is CNC(C)CNC(=O)C1CC1c1ccc(OCc2ccccc2)cc1. The Kier molecular flexibility index (Phi) is 5.71. The van der Waals surface area contributed by atoms with Crippen LogP contribution in [-0.4, -0.2) is 25.5 Å². The fourth-order valence-corrected chi connectivity index (χ4v) is 2.89. The Balaban J connectivity index is 1.47. The number of carbonyl (C=O) groups is 1. The van der Waals surface area contributed by atoms with Crippen molar-refractivity contribution in [2.24, 2.45) is 5.92 Å². The molecule has 4 heteroatoms. The number of amides is 1. The second-order valence-electron chi connectivity index (χ2n) is 6.73. The Morgan fingerprint density at radius 1 is 1.16 bits per heavy atom. The second-order valence-corrected chi connectivity index (χ2v) is 6.73. The Labute approximate surface area is 149 Å². The van der Waals surface area contributed by atoms with E-state index in [0.29, 0.717) is 25.1 Å². The number of rotatable bonds is 8. The van der Waals surface area contributed by atoms with Gasteiger partial charge in [0.25, 0.3) is 0 Å². The molecular formula is C21H26N2O2. The lowest BCUT2D eigenvalue weighted by Gasteiger charge is -2.11. The van der Waals surface area contributed by atoms with Gasteiger partial charge in [0.05, 0.1) is 0 Å². The first-order chi connectivity index (χ1) is 12.2. The van der Waals surface area contributed by atoms with Crippen molar-refractivity contribution in [1.82, 2.24) is 10.6 Å². The maximum Gasteiger partial charge on any atom is 0.223 e. The molecule has 0 bridgehead atoms. The average molecular weight is 338 g/mol. The minimum atomic E-state index is 0.111. The van der Waals surface area contributed by atoms with Gasteiger partial charge in [0, 0.05) is 18.5 Å². The molecule has 3 atom stereocenters. The number of hydrogen-bond acceptors (Lipinski definition) is 3. The Morgan fingerprint density at radius 3 is 2.56 bits per heavy atom. The largest absolute Gasteiger partial charge is 0.489 e. The zero-order valence-corrected chi connectivity index (χ0v) is 14.9. The van der Waals surface area contributed by atoms with Crippen LogP contribution in [0.1, 0.15) is 30.4 Å². The van der Waals surface area contributed by atoms with E-state index in [-0.39, 0.29) is 11.8 Å². The minimum absolute atomic E-state index is 0.111. The summed E-state index contributed by atoms with van der Waals surface area (Å²) in [4.78, 5) is 12.2. The van der Waals surface area contributed by atoms with E-state index in [2.05, 4.69) is 41.8 Å². The zero-order valence-electron chi connectivity index (χ0n) is 14.9. The fraction of sp³-hybridized carbons (Fsp3) is 0.381. The van der Waals surface area contributed by atoms with Gasteiger partial charge in [0.15, 0.2) is 0 Å². The molecule has 2 aromatic carbocycles. The molecule has 0 saturated heterocycles. The van der Waals surface area contributed by atoms with Crippen LogP contribution in [0.3, 0.4) is 0 Å². The summed E-state index contributed by atoms with van der Waals surface area (Å²) >= 11 is 0. The van der Waals surface area contributed by atoms with E-state index in [1.165, 1.54) is 5.56 Å². The lowest BCUT2D eigenvalue weighted by Crippen LogP contribution is -2.37. The molecule has 0 aromatic heterocycles. The van der Waals surface area contributed by atoms with Gasteiger partial charge in [-0.3, -0.25) is 4.79 Å². The highest BCUT2D eigenvalue weighted by Gasteiger charge is 2.43. The molecule has 132 valence electrons. The van der Waals surface area contributed by atoms with Crippen molar-refractivity contribution in [3.05, 3.63) is 65.7 Å². The van der Waals surface area contributed by atoms with Crippen molar-refractivity contribution in [3.8, 4) is 5.75 Å². The summed E-state index contributed by atoms with van der Waals surface area (Å²) in [6, 6.07) is 18.6. The molecule has 2 aromatic rings. The first-order valence-electron chi connectivity index (χ1n) is 8.89. The number of likely N-dealkylation sites (N-methyl/N-ethyl adjacent to an activating group) is 1. The summed E-state index contributed by atoms with van der Waals surface area (Å²) in [7, 11) is 1.90. The molecule has 1 saturated carbocycles. The number of carbonyl (C=O) groups excluding carboxylic acids is 1. The Morgan fingerprint density at radius 2 is 1.88 bits per heavy atom. The number of hydrogen-bond donors (Lipinski definition) is 2. The van der Waals surface area contributed by atoms with E-state index in [1.54, 1.807) is 0 Å². The number of ether oxygens (including phenoxy) is 1. The van der Waals surface area contributed by atoms with Crippen molar-refractivity contribution >= 4 is 5.91 Å². The molecule has 0 spiro atoms. The molecule has 1 amide bonds. The van der Waals surface area contributed by atoms with Crippen LogP contribution in [0.25, 0.3) is 0 Å². The molecule has 25 heavy (non-hydrogen) atoms. The highest BCUT2D eigenvalue weighted by atomic mass is 16.5. The van der Waals surface area contributed by atoms with Gasteiger partial charge >= 0.3 is 0 Å². The lowest BCUT2D eigenvalue weighted by atomic mass is 10.1. The summed E-state index contributed by atoms with van der Waals surface area (Å²) in [5.74, 6) is 1.47. The molecule has 1 aliphatic rings. The molecule has 0 radical (unpaired) electrons. The third-order valence-electron chi connectivity index (χ3n) is 4.76. The molecule has 1 aliphatic carbocycles. The summed E-state index contributed by atoms with van der Waals surface area (Å²) in [5.41, 5.74) is 2.37. The summed E-state index contributed by atoms with van der Waals surface area (Å²) in [6.07, 6.45) is 0.935. The van der Waals surface area contributed by atoms with Gasteiger partial charge in [0.2, 0.25) is 5.91 Å². The topological polar surface area (TPSA) is 50.4 Å². The Hall–Kier alpha value is -2.33. The van der Waals surface area contributed by atoms with Gasteiger partial charge in [-0.25, -0.2) is 0 Å². The number of nitrogens with one attached hydrogen (secondary N) is 2. The zero-order chi connectivity index (χ0) is 17.6. The maximum atomic E-state index is 12.2. The van der Waals surface area contributed by atoms with Crippen molar-refractivity contribution in [2.75, 3.05) is 13.6 Å². The monoisotopic (exact) mass is 338 g/mol. The molecule has 3 unspecified atom stereocenters. The molecule has 0 aliphatic heterocycles. The predicted octanol–water partition coefficient (Wildman–Crippen LogP) is 3.09. The van der Waals surface area contributed by atoms with E-state index in [4.69, 9.17) is 4.74 Å². The lowest BCUT2D eigenvalue weighted by molar-refractivity contribution is -0.122. The van der Waals surface area contributed by atoms with Crippen molar-refractivity contribution in [1.29, 1.82) is 0 Å².